The highest BCUT2D eigenvalue weighted by atomic mass is 16.5. The van der Waals surface area contributed by atoms with Gasteiger partial charge in [0.15, 0.2) is 0 Å². The van der Waals surface area contributed by atoms with Crippen LogP contribution in [0, 0.1) is 5.92 Å². The van der Waals surface area contributed by atoms with Gasteiger partial charge in [0.25, 0.3) is 0 Å². The molecule has 1 N–H and O–H groups in total. The van der Waals surface area contributed by atoms with Crippen LogP contribution in [0.5, 0.6) is 5.75 Å². The molecule has 2 aromatic carbocycles. The van der Waals surface area contributed by atoms with Crippen LogP contribution in [0.15, 0.2) is 53.1 Å². The van der Waals surface area contributed by atoms with E-state index in [1.165, 1.54) is 5.56 Å². The fourth-order valence-electron chi connectivity index (χ4n) is 4.26. The van der Waals surface area contributed by atoms with Crippen molar-refractivity contribution in [2.24, 2.45) is 5.92 Å². The number of para-hydroxylation sites is 2. The summed E-state index contributed by atoms with van der Waals surface area (Å²) in [4.78, 5) is 19.8. The number of amides is 1. The van der Waals surface area contributed by atoms with E-state index in [0.29, 0.717) is 24.0 Å². The van der Waals surface area contributed by atoms with Gasteiger partial charge in [-0.1, -0.05) is 62.3 Å². The second kappa shape index (κ2) is 10.6. The maximum Gasteiger partial charge on any atom is 0.241 e. The number of ether oxygens (including phenoxy) is 1. The van der Waals surface area contributed by atoms with E-state index in [1.54, 1.807) is 0 Å². The Morgan fingerprint density at radius 1 is 1.11 bits per heavy atom. The normalized spacial score (nSPS) is 15.4. The SMILES string of the molecule is CC(C)Oc1ccccc1NC(=O)C1CCN(Cc2nc(-c3ccc(C(C)(C)C)cc3)no2)CC1. The monoisotopic (exact) mass is 476 g/mol. The summed E-state index contributed by atoms with van der Waals surface area (Å²) in [5, 5.41) is 7.24. The summed E-state index contributed by atoms with van der Waals surface area (Å²) in [6.07, 6.45) is 1.62. The summed E-state index contributed by atoms with van der Waals surface area (Å²) in [5.41, 5.74) is 3.05. The van der Waals surface area contributed by atoms with Gasteiger partial charge in [-0.25, -0.2) is 0 Å². The van der Waals surface area contributed by atoms with E-state index in [4.69, 9.17) is 9.26 Å². The van der Waals surface area contributed by atoms with Crippen molar-refractivity contribution >= 4 is 11.6 Å². The van der Waals surface area contributed by atoms with E-state index >= 15 is 0 Å². The standard InChI is InChI=1S/C28H36N4O3/c1-19(2)34-24-9-7-6-8-23(24)29-27(33)21-14-16-32(17-15-21)18-25-30-26(31-35-25)20-10-12-22(13-11-20)28(3,4)5/h6-13,19,21H,14-18H2,1-5H3,(H,29,33). The number of nitrogens with one attached hydrogen (secondary N) is 1. The Hall–Kier alpha value is -3.19. The molecule has 1 aromatic heterocycles. The van der Waals surface area contributed by atoms with Gasteiger partial charge < -0.3 is 14.6 Å². The molecule has 4 rings (SSSR count). The van der Waals surface area contributed by atoms with Crippen LogP contribution >= 0.6 is 0 Å². The third-order valence-corrected chi connectivity index (χ3v) is 6.30. The van der Waals surface area contributed by atoms with Crippen molar-refractivity contribution in [2.75, 3.05) is 18.4 Å². The Bertz CT molecular complexity index is 1120. The zero-order valence-electron chi connectivity index (χ0n) is 21.4. The molecule has 1 aliphatic heterocycles. The maximum absolute atomic E-state index is 12.9. The number of hydrogen-bond acceptors (Lipinski definition) is 6. The molecule has 1 aliphatic rings. The van der Waals surface area contributed by atoms with Crippen LogP contribution in [0.4, 0.5) is 5.69 Å². The fraction of sp³-hybridized carbons (Fsp3) is 0.464. The Morgan fingerprint density at radius 3 is 2.46 bits per heavy atom. The molecule has 1 fully saturated rings. The molecule has 35 heavy (non-hydrogen) atoms. The summed E-state index contributed by atoms with van der Waals surface area (Å²) in [5.74, 6) is 1.93. The van der Waals surface area contributed by atoms with E-state index in [2.05, 4.69) is 53.3 Å². The summed E-state index contributed by atoms with van der Waals surface area (Å²) >= 11 is 0. The van der Waals surface area contributed by atoms with Gasteiger partial charge in [0, 0.05) is 11.5 Å². The largest absolute Gasteiger partial charge is 0.489 e. The van der Waals surface area contributed by atoms with Crippen LogP contribution < -0.4 is 10.1 Å². The number of carbonyl (C=O) groups is 1. The van der Waals surface area contributed by atoms with E-state index in [1.807, 2.05) is 50.2 Å². The highest BCUT2D eigenvalue weighted by molar-refractivity contribution is 5.94. The first-order valence-corrected chi connectivity index (χ1v) is 12.4. The van der Waals surface area contributed by atoms with Crippen molar-refractivity contribution in [1.82, 2.24) is 15.0 Å². The molecule has 3 aromatic rings. The Morgan fingerprint density at radius 2 is 1.80 bits per heavy atom. The summed E-state index contributed by atoms with van der Waals surface area (Å²) in [7, 11) is 0. The zero-order chi connectivity index (χ0) is 25.0. The number of piperidine rings is 1. The third-order valence-electron chi connectivity index (χ3n) is 6.30. The summed E-state index contributed by atoms with van der Waals surface area (Å²) in [6.45, 7) is 12.7. The topological polar surface area (TPSA) is 80.5 Å². The third kappa shape index (κ3) is 6.48. The second-order valence-electron chi connectivity index (χ2n) is 10.5. The summed E-state index contributed by atoms with van der Waals surface area (Å²) < 4.78 is 11.3. The number of rotatable bonds is 7. The fourth-order valence-corrected chi connectivity index (χ4v) is 4.26. The molecule has 0 aliphatic carbocycles. The molecule has 7 heteroatoms. The number of aromatic nitrogens is 2. The van der Waals surface area contributed by atoms with E-state index in [0.717, 1.165) is 37.2 Å². The van der Waals surface area contributed by atoms with Crippen LogP contribution in [0.3, 0.4) is 0 Å². The van der Waals surface area contributed by atoms with Crippen molar-refractivity contribution in [2.45, 2.75) is 65.5 Å². The van der Waals surface area contributed by atoms with E-state index < -0.39 is 0 Å². The van der Waals surface area contributed by atoms with E-state index in [9.17, 15) is 4.79 Å². The van der Waals surface area contributed by atoms with Crippen LogP contribution in [-0.2, 0) is 16.8 Å². The van der Waals surface area contributed by atoms with Gasteiger partial charge >= 0.3 is 0 Å². The van der Waals surface area contributed by atoms with Crippen LogP contribution in [0.2, 0.25) is 0 Å². The van der Waals surface area contributed by atoms with Crippen LogP contribution in [0.25, 0.3) is 11.4 Å². The quantitative estimate of drug-likeness (QED) is 0.473. The number of hydrogen-bond donors (Lipinski definition) is 1. The Kier molecular flexibility index (Phi) is 7.55. The molecule has 0 bridgehead atoms. The molecule has 1 amide bonds. The van der Waals surface area contributed by atoms with Gasteiger partial charge in [-0.05, 0) is 62.9 Å². The molecule has 7 nitrogen and oxygen atoms in total. The van der Waals surface area contributed by atoms with E-state index in [-0.39, 0.29) is 23.3 Å². The van der Waals surface area contributed by atoms with Gasteiger partial charge in [0.2, 0.25) is 17.6 Å². The second-order valence-corrected chi connectivity index (χ2v) is 10.5. The summed E-state index contributed by atoms with van der Waals surface area (Å²) in [6, 6.07) is 15.9. The van der Waals surface area contributed by atoms with Gasteiger partial charge in [0.1, 0.15) is 5.75 Å². The highest BCUT2D eigenvalue weighted by Gasteiger charge is 2.27. The van der Waals surface area contributed by atoms with Crippen molar-refractivity contribution < 1.29 is 14.1 Å². The van der Waals surface area contributed by atoms with Crippen LogP contribution in [-0.4, -0.2) is 40.1 Å². The number of anilines is 1. The molecule has 2 heterocycles. The molecule has 0 spiro atoms. The van der Waals surface area contributed by atoms with Crippen LogP contribution in [0.1, 0.15) is 58.9 Å². The predicted octanol–water partition coefficient (Wildman–Crippen LogP) is 5.67. The molecule has 0 radical (unpaired) electrons. The lowest BCUT2D eigenvalue weighted by Crippen LogP contribution is -2.37. The molecule has 0 saturated carbocycles. The average molecular weight is 477 g/mol. The zero-order valence-corrected chi connectivity index (χ0v) is 21.4. The lowest BCUT2D eigenvalue weighted by atomic mass is 9.87. The molecule has 186 valence electrons. The first-order valence-electron chi connectivity index (χ1n) is 12.4. The molecule has 1 saturated heterocycles. The Labute approximate surface area is 207 Å². The van der Waals surface area contributed by atoms with Gasteiger partial charge in [-0.2, -0.15) is 4.98 Å². The van der Waals surface area contributed by atoms with Crippen molar-refractivity contribution in [1.29, 1.82) is 0 Å². The number of likely N-dealkylation sites (tertiary alicyclic amines) is 1. The highest BCUT2D eigenvalue weighted by Crippen LogP contribution is 2.28. The number of benzene rings is 2. The molecular formula is C28H36N4O3. The molecular weight excluding hydrogens is 440 g/mol. The minimum absolute atomic E-state index is 0.0297. The lowest BCUT2D eigenvalue weighted by molar-refractivity contribution is -0.121. The number of carbonyl (C=O) groups excluding carboxylic acids is 1. The minimum atomic E-state index is -0.0297. The first kappa shape index (κ1) is 24.9. The first-order chi connectivity index (χ1) is 16.7. The Balaban J connectivity index is 1.29. The van der Waals surface area contributed by atoms with Crippen molar-refractivity contribution in [3.05, 3.63) is 60.0 Å². The molecule has 0 unspecified atom stereocenters. The maximum atomic E-state index is 12.9. The van der Waals surface area contributed by atoms with Gasteiger partial charge in [-0.3, -0.25) is 9.69 Å². The average Bonchev–Trinajstić information content (AvgIpc) is 3.28. The smallest absolute Gasteiger partial charge is 0.241 e. The van der Waals surface area contributed by atoms with Crippen molar-refractivity contribution in [3.8, 4) is 17.1 Å². The van der Waals surface area contributed by atoms with Crippen molar-refractivity contribution in [3.63, 3.8) is 0 Å². The van der Waals surface area contributed by atoms with Gasteiger partial charge in [0.05, 0.1) is 18.3 Å². The van der Waals surface area contributed by atoms with Gasteiger partial charge in [-0.15, -0.1) is 0 Å². The lowest BCUT2D eigenvalue weighted by Gasteiger charge is -2.30. The number of nitrogens with zero attached hydrogens (tertiary/aromatic N) is 3. The minimum Gasteiger partial charge on any atom is -0.489 e. The predicted molar refractivity (Wildman–Crippen MR) is 137 cm³/mol. The molecule has 0 atom stereocenters.